The number of amides is 6. The summed E-state index contributed by atoms with van der Waals surface area (Å²) >= 11 is 0. The molecular weight excluding hydrogens is 706 g/mol. The van der Waals surface area contributed by atoms with Crippen molar-refractivity contribution in [3.63, 3.8) is 0 Å². The van der Waals surface area contributed by atoms with Crippen LogP contribution in [0.1, 0.15) is 98.8 Å². The van der Waals surface area contributed by atoms with E-state index in [-0.39, 0.29) is 63.4 Å². The predicted octanol–water partition coefficient (Wildman–Crippen LogP) is -2.64. The summed E-state index contributed by atoms with van der Waals surface area (Å²) in [6.07, 6.45) is 1.75. The van der Waals surface area contributed by atoms with Crippen molar-refractivity contribution in [1.82, 2.24) is 31.9 Å². The van der Waals surface area contributed by atoms with E-state index in [1.807, 2.05) is 0 Å². The highest BCUT2D eigenvalue weighted by Gasteiger charge is 2.26. The number of aliphatic carboxylic acids is 1. The topological polar surface area (TPSA) is 345 Å². The number of carboxylic acids is 1. The minimum absolute atomic E-state index is 0.0250. The summed E-state index contributed by atoms with van der Waals surface area (Å²) < 4.78 is 0. The summed E-state index contributed by atoms with van der Waals surface area (Å²) in [4.78, 5) is 103. The van der Waals surface area contributed by atoms with Gasteiger partial charge in [-0.1, -0.05) is 6.42 Å². The SMILES string of the molecule is C[C@H](CC(=O)N[C@@H](C)CC(=O)N[C@@H](C)CC(=O)C[C@@H](CCCCN)C(=O)O)NC(=O)C[C@@H](C)NC(=O)[C@H](C)NC(=O)[C@H](CCCN=C(N)N)NC(=O)CN. The van der Waals surface area contributed by atoms with E-state index in [2.05, 4.69) is 36.9 Å². The average molecular weight is 770 g/mol. The molecule has 0 fully saturated rings. The van der Waals surface area contributed by atoms with Gasteiger partial charge in [-0.05, 0) is 66.8 Å². The van der Waals surface area contributed by atoms with Gasteiger partial charge in [-0.25, -0.2) is 0 Å². The van der Waals surface area contributed by atoms with Crippen LogP contribution in [0, 0.1) is 5.92 Å². The number of aliphatic imine (C=N–C) groups is 1. The highest BCUT2D eigenvalue weighted by atomic mass is 16.4. The Kier molecular flexibility index (Phi) is 24.4. The number of nitrogens with one attached hydrogen (secondary N) is 6. The maximum absolute atomic E-state index is 12.8. The standard InChI is InChI=1S/C34H63N11O9/c1-19(13-25(46)17-24(33(53)54)9-6-7-11-35)40-27(47)14-20(2)41-28(48)15-21(3)42-29(49)16-22(4)43-31(51)23(5)44-32(52)26(45-30(50)18-36)10-8-12-39-34(37)38/h19-24,26H,6-18,35-36H2,1-5H3,(H,40,47)(H,41,48)(H,42,49)(H,43,51)(H,44,52)(H,45,50)(H,53,54)(H4,37,38,39)/t19-,20-,21+,22+,23-,24+,26-/m0/s1. The zero-order valence-electron chi connectivity index (χ0n) is 32.2. The van der Waals surface area contributed by atoms with E-state index < -0.39 is 83.6 Å². The summed E-state index contributed by atoms with van der Waals surface area (Å²) in [6, 6.07) is -4.30. The summed E-state index contributed by atoms with van der Waals surface area (Å²) in [5.41, 5.74) is 21.4. The fourth-order valence-corrected chi connectivity index (χ4v) is 5.36. The molecule has 15 N–H and O–H groups in total. The molecule has 308 valence electrons. The number of hydrogen-bond donors (Lipinski definition) is 11. The van der Waals surface area contributed by atoms with Crippen LogP contribution in [-0.2, 0) is 38.4 Å². The van der Waals surface area contributed by atoms with Crippen LogP contribution in [0.4, 0.5) is 0 Å². The van der Waals surface area contributed by atoms with E-state index in [9.17, 15) is 43.5 Å². The number of rotatable bonds is 28. The molecular formula is C34H63N11O9. The average Bonchev–Trinajstić information content (AvgIpc) is 3.04. The second-order valence-corrected chi connectivity index (χ2v) is 13.7. The smallest absolute Gasteiger partial charge is 0.306 e. The second-order valence-electron chi connectivity index (χ2n) is 13.7. The summed E-state index contributed by atoms with van der Waals surface area (Å²) in [5.74, 6) is -5.22. The van der Waals surface area contributed by atoms with Gasteiger partial charge in [0, 0.05) is 62.8 Å². The number of unbranched alkanes of at least 4 members (excludes halogenated alkanes) is 1. The van der Waals surface area contributed by atoms with Gasteiger partial charge in [0.2, 0.25) is 35.4 Å². The van der Waals surface area contributed by atoms with Crippen molar-refractivity contribution in [1.29, 1.82) is 0 Å². The zero-order valence-corrected chi connectivity index (χ0v) is 32.2. The van der Waals surface area contributed by atoms with Crippen molar-refractivity contribution in [2.24, 2.45) is 33.8 Å². The number of hydrogen-bond acceptors (Lipinski definition) is 11. The third-order valence-corrected chi connectivity index (χ3v) is 7.98. The molecule has 0 aliphatic carbocycles. The number of nitrogens with two attached hydrogens (primary N) is 4. The van der Waals surface area contributed by atoms with Crippen molar-refractivity contribution in [3.05, 3.63) is 0 Å². The van der Waals surface area contributed by atoms with Crippen molar-refractivity contribution >= 4 is 53.2 Å². The first-order chi connectivity index (χ1) is 25.3. The Balaban J connectivity index is 4.69. The number of carbonyl (C=O) groups is 8. The molecule has 0 saturated carbocycles. The third-order valence-electron chi connectivity index (χ3n) is 7.98. The molecule has 0 bridgehead atoms. The Hall–Kier alpha value is -4.85. The first-order valence-electron chi connectivity index (χ1n) is 18.3. The maximum atomic E-state index is 12.8. The van der Waals surface area contributed by atoms with E-state index in [1.165, 1.54) is 6.92 Å². The molecule has 0 heterocycles. The minimum atomic E-state index is -1.04. The molecule has 0 saturated heterocycles. The van der Waals surface area contributed by atoms with Gasteiger partial charge in [0.1, 0.15) is 17.9 Å². The summed E-state index contributed by atoms with van der Waals surface area (Å²) in [5, 5.41) is 25.2. The lowest BCUT2D eigenvalue weighted by atomic mass is 9.94. The van der Waals surface area contributed by atoms with Gasteiger partial charge >= 0.3 is 5.97 Å². The monoisotopic (exact) mass is 769 g/mol. The summed E-state index contributed by atoms with van der Waals surface area (Å²) in [7, 11) is 0. The molecule has 0 rings (SSSR count). The Morgan fingerprint density at radius 3 is 1.54 bits per heavy atom. The number of nitrogens with zero attached hydrogens (tertiary/aromatic N) is 1. The molecule has 6 amide bonds. The number of Topliss-reactive ketones (excluding diaryl/α,β-unsaturated/α-hetero) is 1. The molecule has 7 atom stereocenters. The van der Waals surface area contributed by atoms with Crippen LogP contribution in [0.15, 0.2) is 4.99 Å². The van der Waals surface area contributed by atoms with Crippen LogP contribution >= 0.6 is 0 Å². The fourth-order valence-electron chi connectivity index (χ4n) is 5.36. The molecule has 0 unspecified atom stereocenters. The van der Waals surface area contributed by atoms with Crippen LogP contribution in [0.25, 0.3) is 0 Å². The zero-order chi connectivity index (χ0) is 41.4. The van der Waals surface area contributed by atoms with Crippen LogP contribution in [-0.4, -0.2) is 114 Å². The lowest BCUT2D eigenvalue weighted by Gasteiger charge is -2.22. The quantitative estimate of drug-likeness (QED) is 0.0220. The highest BCUT2D eigenvalue weighted by Crippen LogP contribution is 2.15. The van der Waals surface area contributed by atoms with Gasteiger partial charge in [-0.3, -0.25) is 43.3 Å². The predicted molar refractivity (Wildman–Crippen MR) is 201 cm³/mol. The summed E-state index contributed by atoms with van der Waals surface area (Å²) in [6.45, 7) is 8.27. The minimum Gasteiger partial charge on any atom is -0.481 e. The van der Waals surface area contributed by atoms with Crippen molar-refractivity contribution in [3.8, 4) is 0 Å². The molecule has 0 radical (unpaired) electrons. The van der Waals surface area contributed by atoms with Gasteiger partial charge in [0.05, 0.1) is 12.5 Å². The second kappa shape index (κ2) is 26.8. The first kappa shape index (κ1) is 49.1. The number of ketones is 1. The Bertz CT molecular complexity index is 1290. The normalized spacial score (nSPS) is 14.7. The van der Waals surface area contributed by atoms with Crippen LogP contribution in [0.2, 0.25) is 0 Å². The van der Waals surface area contributed by atoms with E-state index in [0.717, 1.165) is 0 Å². The first-order valence-corrected chi connectivity index (χ1v) is 18.3. The molecule has 0 aromatic heterocycles. The molecule has 0 aromatic carbocycles. The molecule has 0 aliphatic heterocycles. The molecule has 20 nitrogen and oxygen atoms in total. The lowest BCUT2D eigenvalue weighted by Crippen LogP contribution is -2.54. The number of guanidine groups is 1. The molecule has 0 aromatic rings. The van der Waals surface area contributed by atoms with Gasteiger partial charge in [0.15, 0.2) is 5.96 Å². The Labute approximate surface area is 316 Å². The highest BCUT2D eigenvalue weighted by molar-refractivity contribution is 5.92. The fraction of sp³-hybridized carbons (Fsp3) is 0.735. The largest absolute Gasteiger partial charge is 0.481 e. The number of carbonyl (C=O) groups excluding carboxylic acids is 7. The van der Waals surface area contributed by atoms with Crippen molar-refractivity contribution in [2.75, 3.05) is 19.6 Å². The number of carboxylic acid groups (broad SMARTS) is 1. The third kappa shape index (κ3) is 23.7. The van der Waals surface area contributed by atoms with Gasteiger partial charge < -0.3 is 59.9 Å². The molecule has 0 aliphatic rings. The Morgan fingerprint density at radius 2 is 1.07 bits per heavy atom. The van der Waals surface area contributed by atoms with E-state index in [1.54, 1.807) is 27.7 Å². The van der Waals surface area contributed by atoms with Crippen molar-refractivity contribution < 1.29 is 43.5 Å². The van der Waals surface area contributed by atoms with Crippen LogP contribution in [0.3, 0.4) is 0 Å². The van der Waals surface area contributed by atoms with Crippen molar-refractivity contribution in [2.45, 2.75) is 135 Å². The van der Waals surface area contributed by atoms with E-state index in [0.29, 0.717) is 32.2 Å². The van der Waals surface area contributed by atoms with Crippen LogP contribution in [0.5, 0.6) is 0 Å². The molecule has 54 heavy (non-hydrogen) atoms. The molecule has 0 spiro atoms. The van der Waals surface area contributed by atoms with Gasteiger partial charge in [-0.2, -0.15) is 0 Å². The lowest BCUT2D eigenvalue weighted by molar-refractivity contribution is -0.144. The van der Waals surface area contributed by atoms with E-state index >= 15 is 0 Å². The van der Waals surface area contributed by atoms with E-state index in [4.69, 9.17) is 22.9 Å². The van der Waals surface area contributed by atoms with Gasteiger partial charge in [-0.15, -0.1) is 0 Å². The van der Waals surface area contributed by atoms with Crippen LogP contribution < -0.4 is 54.8 Å². The van der Waals surface area contributed by atoms with Gasteiger partial charge in [0.25, 0.3) is 0 Å². The molecule has 20 heteroatoms. The Morgan fingerprint density at radius 1 is 0.574 bits per heavy atom. The maximum Gasteiger partial charge on any atom is 0.306 e.